The summed E-state index contributed by atoms with van der Waals surface area (Å²) in [5.74, 6) is -0.217. The first-order valence-electron chi connectivity index (χ1n) is 6.91. The summed E-state index contributed by atoms with van der Waals surface area (Å²) in [5, 5.41) is 4.19. The molecule has 2 aromatic rings. The fourth-order valence-corrected chi connectivity index (χ4v) is 2.39. The second-order valence-electron chi connectivity index (χ2n) is 5.46. The Morgan fingerprint density at radius 2 is 1.81 bits per heavy atom. The van der Waals surface area contributed by atoms with Gasteiger partial charge in [0.2, 0.25) is 0 Å². The van der Waals surface area contributed by atoms with E-state index in [0.29, 0.717) is 0 Å². The fourth-order valence-electron chi connectivity index (χ4n) is 2.21. The van der Waals surface area contributed by atoms with E-state index in [-0.39, 0.29) is 11.9 Å². The third-order valence-electron chi connectivity index (χ3n) is 3.29. The van der Waals surface area contributed by atoms with Gasteiger partial charge < -0.3 is 10.2 Å². The van der Waals surface area contributed by atoms with Crippen LogP contribution in [0.4, 0.5) is 10.1 Å². The molecule has 1 atom stereocenters. The summed E-state index contributed by atoms with van der Waals surface area (Å²) in [7, 11) is 4.02. The van der Waals surface area contributed by atoms with Crippen LogP contribution in [0.5, 0.6) is 0 Å². The zero-order valence-electron chi connectivity index (χ0n) is 12.5. The van der Waals surface area contributed by atoms with Gasteiger partial charge in [0.05, 0.1) is 0 Å². The van der Waals surface area contributed by atoms with Crippen LogP contribution < -0.4 is 5.32 Å². The summed E-state index contributed by atoms with van der Waals surface area (Å²) in [6.45, 7) is 2.84. The van der Waals surface area contributed by atoms with E-state index >= 15 is 0 Å². The van der Waals surface area contributed by atoms with E-state index in [9.17, 15) is 4.39 Å². The Bertz CT molecular complexity index is 596. The summed E-state index contributed by atoms with van der Waals surface area (Å²) >= 11 is 6.22. The monoisotopic (exact) mass is 306 g/mol. The number of anilines is 1. The van der Waals surface area contributed by atoms with Crippen molar-refractivity contribution in [2.24, 2.45) is 0 Å². The van der Waals surface area contributed by atoms with Crippen molar-refractivity contribution in [3.05, 3.63) is 64.4 Å². The number of benzene rings is 2. The lowest BCUT2D eigenvalue weighted by atomic mass is 10.1. The van der Waals surface area contributed by atoms with Gasteiger partial charge in [-0.3, -0.25) is 0 Å². The van der Waals surface area contributed by atoms with E-state index in [4.69, 9.17) is 11.6 Å². The van der Waals surface area contributed by atoms with Crippen LogP contribution in [0.25, 0.3) is 0 Å². The molecule has 0 spiro atoms. The van der Waals surface area contributed by atoms with Gasteiger partial charge in [0.25, 0.3) is 0 Å². The van der Waals surface area contributed by atoms with Crippen molar-refractivity contribution in [1.29, 1.82) is 0 Å². The van der Waals surface area contributed by atoms with Gasteiger partial charge in [0, 0.05) is 23.3 Å². The third kappa shape index (κ3) is 4.45. The van der Waals surface area contributed by atoms with Crippen LogP contribution >= 0.6 is 11.6 Å². The van der Waals surface area contributed by atoms with Crippen molar-refractivity contribution in [2.75, 3.05) is 19.4 Å². The molecule has 0 unspecified atom stereocenters. The number of hydrogen-bond acceptors (Lipinski definition) is 2. The molecule has 0 aromatic heterocycles. The van der Waals surface area contributed by atoms with E-state index < -0.39 is 0 Å². The highest BCUT2D eigenvalue weighted by molar-refractivity contribution is 6.31. The highest BCUT2D eigenvalue weighted by Crippen LogP contribution is 2.25. The smallest absolute Gasteiger partial charge is 0.123 e. The van der Waals surface area contributed by atoms with Gasteiger partial charge in [-0.15, -0.1) is 0 Å². The predicted molar refractivity (Wildman–Crippen MR) is 87.3 cm³/mol. The Balaban J connectivity index is 2.13. The first-order chi connectivity index (χ1) is 9.95. The second kappa shape index (κ2) is 6.92. The fraction of sp³-hybridized carbons (Fsp3) is 0.294. The van der Waals surface area contributed by atoms with E-state index in [1.807, 2.05) is 33.2 Å². The normalized spacial score (nSPS) is 12.5. The lowest BCUT2D eigenvalue weighted by molar-refractivity contribution is 0.402. The Hall–Kier alpha value is -1.58. The van der Waals surface area contributed by atoms with Crippen molar-refractivity contribution in [3.8, 4) is 0 Å². The van der Waals surface area contributed by atoms with Gasteiger partial charge >= 0.3 is 0 Å². The predicted octanol–water partition coefficient (Wildman–Crippen LogP) is 4.71. The van der Waals surface area contributed by atoms with E-state index in [0.717, 1.165) is 28.4 Å². The molecule has 0 saturated heterocycles. The molecule has 112 valence electrons. The number of nitrogens with one attached hydrogen (secondary N) is 1. The van der Waals surface area contributed by atoms with Crippen molar-refractivity contribution < 1.29 is 4.39 Å². The Morgan fingerprint density at radius 3 is 2.43 bits per heavy atom. The minimum Gasteiger partial charge on any atom is -0.379 e. The van der Waals surface area contributed by atoms with Gasteiger partial charge in [-0.05, 0) is 62.5 Å². The SMILES string of the molecule is C[C@H](Nc1ccc(Cl)c(CN(C)C)c1)c1ccc(F)cc1. The second-order valence-corrected chi connectivity index (χ2v) is 5.87. The van der Waals surface area contributed by atoms with Crippen molar-refractivity contribution >= 4 is 17.3 Å². The summed E-state index contributed by atoms with van der Waals surface area (Å²) in [6.07, 6.45) is 0. The molecular weight excluding hydrogens is 287 g/mol. The minimum atomic E-state index is -0.217. The molecule has 21 heavy (non-hydrogen) atoms. The molecule has 0 heterocycles. The molecule has 4 heteroatoms. The van der Waals surface area contributed by atoms with Gasteiger partial charge in [0.15, 0.2) is 0 Å². The Labute approximate surface area is 130 Å². The van der Waals surface area contributed by atoms with Crippen molar-refractivity contribution in [1.82, 2.24) is 4.90 Å². The quantitative estimate of drug-likeness (QED) is 0.860. The maximum Gasteiger partial charge on any atom is 0.123 e. The van der Waals surface area contributed by atoms with Crippen LogP contribution in [-0.4, -0.2) is 19.0 Å². The molecule has 2 nitrogen and oxygen atoms in total. The van der Waals surface area contributed by atoms with Gasteiger partial charge in [-0.2, -0.15) is 0 Å². The molecule has 0 aliphatic carbocycles. The van der Waals surface area contributed by atoms with Crippen LogP contribution in [0, 0.1) is 5.82 Å². The molecule has 0 fully saturated rings. The number of hydrogen-bond donors (Lipinski definition) is 1. The van der Waals surface area contributed by atoms with Crippen LogP contribution in [0.2, 0.25) is 5.02 Å². The third-order valence-corrected chi connectivity index (χ3v) is 3.65. The highest BCUT2D eigenvalue weighted by atomic mass is 35.5. The molecule has 2 aromatic carbocycles. The summed E-state index contributed by atoms with van der Waals surface area (Å²) < 4.78 is 13.0. The number of nitrogens with zero attached hydrogens (tertiary/aromatic N) is 1. The molecule has 0 bridgehead atoms. The molecule has 0 aliphatic heterocycles. The van der Waals surface area contributed by atoms with E-state index in [1.165, 1.54) is 12.1 Å². The highest BCUT2D eigenvalue weighted by Gasteiger charge is 2.08. The Kier molecular flexibility index (Phi) is 5.21. The summed E-state index contributed by atoms with van der Waals surface area (Å²) in [5.41, 5.74) is 3.13. The maximum absolute atomic E-state index is 13.0. The van der Waals surface area contributed by atoms with Gasteiger partial charge in [-0.25, -0.2) is 4.39 Å². The first kappa shape index (κ1) is 15.8. The molecule has 0 aliphatic rings. The van der Waals surface area contributed by atoms with Gasteiger partial charge in [0.1, 0.15) is 5.82 Å². The van der Waals surface area contributed by atoms with Crippen LogP contribution in [0.15, 0.2) is 42.5 Å². The molecule has 0 radical (unpaired) electrons. The minimum absolute atomic E-state index is 0.0963. The first-order valence-corrected chi connectivity index (χ1v) is 7.28. The molecule has 0 amide bonds. The number of halogens is 2. The standard InChI is InChI=1S/C17H20ClFN2/c1-12(13-4-6-15(19)7-5-13)20-16-8-9-17(18)14(10-16)11-21(2)3/h4-10,12,20H,11H2,1-3H3/t12-/m0/s1. The molecule has 1 N–H and O–H groups in total. The van der Waals surface area contributed by atoms with Crippen LogP contribution in [-0.2, 0) is 6.54 Å². The van der Waals surface area contributed by atoms with Crippen molar-refractivity contribution in [3.63, 3.8) is 0 Å². The lowest BCUT2D eigenvalue weighted by Crippen LogP contribution is -2.12. The van der Waals surface area contributed by atoms with E-state index in [1.54, 1.807) is 12.1 Å². The summed E-state index contributed by atoms with van der Waals surface area (Å²) in [4.78, 5) is 2.08. The summed E-state index contributed by atoms with van der Waals surface area (Å²) in [6, 6.07) is 12.6. The van der Waals surface area contributed by atoms with Gasteiger partial charge in [-0.1, -0.05) is 23.7 Å². The largest absolute Gasteiger partial charge is 0.379 e. The average Bonchev–Trinajstić information content (AvgIpc) is 2.42. The average molecular weight is 307 g/mol. The van der Waals surface area contributed by atoms with E-state index in [2.05, 4.69) is 16.3 Å². The van der Waals surface area contributed by atoms with Crippen LogP contribution in [0.1, 0.15) is 24.1 Å². The lowest BCUT2D eigenvalue weighted by Gasteiger charge is -2.18. The maximum atomic E-state index is 13.0. The molecule has 2 rings (SSSR count). The number of rotatable bonds is 5. The zero-order valence-corrected chi connectivity index (χ0v) is 13.3. The zero-order chi connectivity index (χ0) is 15.4. The Morgan fingerprint density at radius 1 is 1.14 bits per heavy atom. The van der Waals surface area contributed by atoms with Crippen molar-refractivity contribution in [2.45, 2.75) is 19.5 Å². The molecular formula is C17H20ClFN2. The molecule has 0 saturated carbocycles. The van der Waals surface area contributed by atoms with Crippen LogP contribution in [0.3, 0.4) is 0 Å². The topological polar surface area (TPSA) is 15.3 Å².